The lowest BCUT2D eigenvalue weighted by Crippen LogP contribution is -2.18. The smallest absolute Gasteiger partial charge is 0.294 e. The largest absolute Gasteiger partial charge is 0.491 e. The maximum absolute atomic E-state index is 12.7. The molecule has 2 heterocycles. The van der Waals surface area contributed by atoms with Gasteiger partial charge in [-0.25, -0.2) is 4.98 Å². The van der Waals surface area contributed by atoms with Crippen LogP contribution in [0.15, 0.2) is 66.9 Å². The second-order valence-corrected chi connectivity index (χ2v) is 8.66. The van der Waals surface area contributed by atoms with Gasteiger partial charge in [-0.3, -0.25) is 4.79 Å². The Balaban J connectivity index is 1.28. The van der Waals surface area contributed by atoms with Gasteiger partial charge >= 0.3 is 0 Å². The molecule has 0 unspecified atom stereocenters. The molecule has 3 N–H and O–H groups in total. The monoisotopic (exact) mass is 455 g/mol. The zero-order valence-electron chi connectivity index (χ0n) is 18.8. The fourth-order valence-electron chi connectivity index (χ4n) is 3.62. The molecule has 4 aromatic rings. The van der Waals surface area contributed by atoms with Gasteiger partial charge in [0.25, 0.3) is 5.91 Å². The molecule has 8 nitrogen and oxygen atoms in total. The van der Waals surface area contributed by atoms with Gasteiger partial charge in [-0.1, -0.05) is 36.4 Å². The molecule has 0 radical (unpaired) electrons. The van der Waals surface area contributed by atoms with Crippen LogP contribution in [0.1, 0.15) is 40.4 Å². The lowest BCUT2D eigenvalue weighted by atomic mass is 10.0. The van der Waals surface area contributed by atoms with Crippen molar-refractivity contribution in [2.24, 2.45) is 0 Å². The summed E-state index contributed by atoms with van der Waals surface area (Å²) in [4.78, 5) is 20.0. The molecule has 0 aliphatic heterocycles. The minimum atomic E-state index is -0.680. The van der Waals surface area contributed by atoms with E-state index in [0.717, 1.165) is 35.1 Å². The third-order valence-electron chi connectivity index (χ3n) is 5.82. The van der Waals surface area contributed by atoms with Crippen molar-refractivity contribution in [2.75, 3.05) is 11.9 Å². The van der Waals surface area contributed by atoms with Crippen molar-refractivity contribution >= 4 is 11.7 Å². The molecule has 2 aromatic carbocycles. The minimum absolute atomic E-state index is 0.128. The van der Waals surface area contributed by atoms with E-state index in [1.807, 2.05) is 61.5 Å². The third-order valence-corrected chi connectivity index (χ3v) is 5.82. The summed E-state index contributed by atoms with van der Waals surface area (Å²) in [7, 11) is 0. The van der Waals surface area contributed by atoms with Crippen LogP contribution in [0.3, 0.4) is 0 Å². The maximum Gasteiger partial charge on any atom is 0.294 e. The molecule has 1 aliphatic carbocycles. The Morgan fingerprint density at radius 2 is 1.94 bits per heavy atom. The first kappa shape index (κ1) is 21.8. The zero-order chi connectivity index (χ0) is 23.5. The van der Waals surface area contributed by atoms with E-state index in [0.29, 0.717) is 23.8 Å². The maximum atomic E-state index is 12.7. The fourth-order valence-corrected chi connectivity index (χ4v) is 3.62. The van der Waals surface area contributed by atoms with Crippen LogP contribution >= 0.6 is 0 Å². The summed E-state index contributed by atoms with van der Waals surface area (Å²) in [6.45, 7) is 2.30. The number of aryl methyl sites for hydroxylation is 1. The molecule has 1 fully saturated rings. The van der Waals surface area contributed by atoms with Crippen LogP contribution in [-0.4, -0.2) is 43.4 Å². The van der Waals surface area contributed by atoms with E-state index >= 15 is 0 Å². The second-order valence-electron chi connectivity index (χ2n) is 8.66. The summed E-state index contributed by atoms with van der Waals surface area (Å²) in [5.41, 5.74) is 3.30. The summed E-state index contributed by atoms with van der Waals surface area (Å²) in [6.07, 6.45) is 3.76. The lowest BCUT2D eigenvalue weighted by Gasteiger charge is -2.13. The van der Waals surface area contributed by atoms with Crippen LogP contribution in [0.5, 0.6) is 5.75 Å². The predicted octanol–water partition coefficient (Wildman–Crippen LogP) is 3.92. The molecular weight excluding hydrogens is 430 g/mol. The van der Waals surface area contributed by atoms with E-state index in [2.05, 4.69) is 25.5 Å². The van der Waals surface area contributed by atoms with Gasteiger partial charge in [0.2, 0.25) is 5.82 Å². The van der Waals surface area contributed by atoms with E-state index in [1.165, 1.54) is 0 Å². The minimum Gasteiger partial charge on any atom is -0.491 e. The molecule has 8 heteroatoms. The number of aromatic amines is 1. The number of carbonyl (C=O) groups excluding carboxylic acids is 1. The van der Waals surface area contributed by atoms with Gasteiger partial charge in [0, 0.05) is 12.6 Å². The van der Waals surface area contributed by atoms with Gasteiger partial charge in [0.15, 0.2) is 0 Å². The van der Waals surface area contributed by atoms with Gasteiger partial charge in [0.1, 0.15) is 24.0 Å². The number of carbonyl (C=O) groups is 1. The highest BCUT2D eigenvalue weighted by atomic mass is 16.5. The van der Waals surface area contributed by atoms with Gasteiger partial charge < -0.3 is 20.1 Å². The van der Waals surface area contributed by atoms with Gasteiger partial charge in [-0.15, -0.1) is 10.2 Å². The number of ether oxygens (including phenoxy) is 1. The van der Waals surface area contributed by atoms with E-state index in [9.17, 15) is 9.90 Å². The van der Waals surface area contributed by atoms with Crippen LogP contribution in [0.4, 0.5) is 5.82 Å². The number of rotatable bonds is 8. The highest BCUT2D eigenvalue weighted by molar-refractivity contribution is 6.01. The van der Waals surface area contributed by atoms with Crippen LogP contribution in [0, 0.1) is 6.92 Å². The molecule has 5 rings (SSSR count). The SMILES string of the molecule is Cc1ccc(OCC2(O)CC2)cc1-c1ccnc(NC(=O)c2nnc(Cc3ccccc3)[nH]2)c1. The predicted molar refractivity (Wildman–Crippen MR) is 128 cm³/mol. The summed E-state index contributed by atoms with van der Waals surface area (Å²) in [6, 6.07) is 19.3. The highest BCUT2D eigenvalue weighted by Gasteiger charge is 2.41. The topological polar surface area (TPSA) is 113 Å². The van der Waals surface area contributed by atoms with Gasteiger partial charge in [-0.05, 0) is 66.3 Å². The Bertz CT molecular complexity index is 1320. The number of aromatic nitrogens is 4. The average molecular weight is 456 g/mol. The number of nitrogens with zero attached hydrogens (tertiary/aromatic N) is 3. The first-order chi connectivity index (χ1) is 16.5. The van der Waals surface area contributed by atoms with Crippen molar-refractivity contribution in [1.29, 1.82) is 0 Å². The number of H-pyrrole nitrogens is 1. The summed E-state index contributed by atoms with van der Waals surface area (Å²) >= 11 is 0. The van der Waals surface area contributed by atoms with Crippen LogP contribution in [-0.2, 0) is 6.42 Å². The number of hydrogen-bond acceptors (Lipinski definition) is 6. The van der Waals surface area contributed by atoms with Crippen LogP contribution in [0.2, 0.25) is 0 Å². The number of hydrogen-bond donors (Lipinski definition) is 3. The van der Waals surface area contributed by atoms with E-state index in [-0.39, 0.29) is 12.4 Å². The normalized spacial score (nSPS) is 13.9. The van der Waals surface area contributed by atoms with Crippen LogP contribution in [0.25, 0.3) is 11.1 Å². The molecule has 0 spiro atoms. The van der Waals surface area contributed by atoms with Crippen molar-refractivity contribution < 1.29 is 14.6 Å². The Morgan fingerprint density at radius 3 is 2.74 bits per heavy atom. The summed E-state index contributed by atoms with van der Waals surface area (Å²) in [5.74, 6) is 1.42. The lowest BCUT2D eigenvalue weighted by molar-refractivity contribution is 0.0856. The molecule has 1 amide bonds. The molecule has 0 bridgehead atoms. The standard InChI is InChI=1S/C26H25N5O3/c1-17-7-8-20(34-16-26(33)10-11-26)15-21(17)19-9-12-27-22(14-19)29-25(32)24-28-23(30-31-24)13-18-5-3-2-4-6-18/h2-9,12,14-15,33H,10-11,13,16H2,1H3,(H,27,29,32)(H,28,30,31). The molecule has 34 heavy (non-hydrogen) atoms. The average Bonchev–Trinajstić information content (AvgIpc) is 3.40. The van der Waals surface area contributed by atoms with Gasteiger partial charge in [-0.2, -0.15) is 0 Å². The third kappa shape index (κ3) is 5.13. The van der Waals surface area contributed by atoms with Crippen LogP contribution < -0.4 is 10.1 Å². The van der Waals surface area contributed by atoms with Crippen molar-refractivity contribution in [1.82, 2.24) is 20.2 Å². The molecule has 172 valence electrons. The molecular formula is C26H25N5O3. The van der Waals surface area contributed by atoms with Gasteiger partial charge in [0.05, 0.1) is 5.60 Å². The molecule has 2 aromatic heterocycles. The molecule has 0 atom stereocenters. The Morgan fingerprint density at radius 1 is 1.12 bits per heavy atom. The number of amides is 1. The molecule has 1 aliphatic rings. The Labute approximate surface area is 197 Å². The number of pyridine rings is 1. The van der Waals surface area contributed by atoms with E-state index in [1.54, 1.807) is 12.3 Å². The first-order valence-electron chi connectivity index (χ1n) is 11.2. The number of aliphatic hydroxyl groups is 1. The number of anilines is 1. The number of benzene rings is 2. The van der Waals surface area contributed by atoms with E-state index in [4.69, 9.17) is 4.74 Å². The summed E-state index contributed by atoms with van der Waals surface area (Å²) < 4.78 is 5.79. The second kappa shape index (κ2) is 9.07. The van der Waals surface area contributed by atoms with Crippen molar-refractivity contribution in [3.8, 4) is 16.9 Å². The first-order valence-corrected chi connectivity index (χ1v) is 11.2. The summed E-state index contributed by atoms with van der Waals surface area (Å²) in [5, 5.41) is 20.9. The van der Waals surface area contributed by atoms with E-state index < -0.39 is 11.5 Å². The van der Waals surface area contributed by atoms with Crippen molar-refractivity contribution in [3.05, 3.63) is 89.6 Å². The zero-order valence-corrected chi connectivity index (χ0v) is 18.8. The quantitative estimate of drug-likeness (QED) is 0.371. The molecule has 1 saturated carbocycles. The fraction of sp³-hybridized carbons (Fsp3) is 0.231. The highest BCUT2D eigenvalue weighted by Crippen LogP contribution is 2.36. The number of nitrogens with one attached hydrogen (secondary N) is 2. The van der Waals surface area contributed by atoms with Crippen molar-refractivity contribution in [2.45, 2.75) is 31.8 Å². The Hall–Kier alpha value is -4.04. The molecule has 0 saturated heterocycles. The Kier molecular flexibility index (Phi) is 5.81. The van der Waals surface area contributed by atoms with Crippen molar-refractivity contribution in [3.63, 3.8) is 0 Å².